The van der Waals surface area contributed by atoms with E-state index in [1.54, 1.807) is 12.3 Å². The minimum atomic E-state index is 0.0210. The molecule has 92 valence electrons. The lowest BCUT2D eigenvalue weighted by atomic mass is 10.2. The number of hydrogen-bond acceptors (Lipinski definition) is 5. The Morgan fingerprint density at radius 3 is 3.24 bits per heavy atom. The highest BCUT2D eigenvalue weighted by Crippen LogP contribution is 2.18. The molecule has 1 saturated heterocycles. The summed E-state index contributed by atoms with van der Waals surface area (Å²) in [5.41, 5.74) is 6.19. The van der Waals surface area contributed by atoms with Crippen molar-refractivity contribution in [1.82, 2.24) is 10.2 Å². The molecule has 1 fully saturated rings. The van der Waals surface area contributed by atoms with Crippen molar-refractivity contribution < 1.29 is 4.74 Å². The van der Waals surface area contributed by atoms with Gasteiger partial charge in [0.15, 0.2) is 5.82 Å². The average Bonchev–Trinajstić information content (AvgIpc) is 2.54. The van der Waals surface area contributed by atoms with Crippen LogP contribution in [-0.4, -0.2) is 41.8 Å². The number of ether oxygens (including phenoxy) is 1. The molecule has 1 aliphatic rings. The molecule has 0 radical (unpaired) electrons. The quantitative estimate of drug-likeness (QED) is 0.571. The molecule has 2 heterocycles. The Kier molecular flexibility index (Phi) is 3.53. The van der Waals surface area contributed by atoms with Crippen LogP contribution in [0.5, 0.6) is 0 Å². The van der Waals surface area contributed by atoms with Crippen LogP contribution in [0.1, 0.15) is 18.9 Å². The van der Waals surface area contributed by atoms with E-state index in [0.29, 0.717) is 11.4 Å². The molecule has 17 heavy (non-hydrogen) atoms. The minimum Gasteiger partial charge on any atom is -0.384 e. The first-order valence-electron chi connectivity index (χ1n) is 5.71. The molecular weight excluding hydrogens is 218 g/mol. The van der Waals surface area contributed by atoms with E-state index < -0.39 is 0 Å². The fourth-order valence-electron chi connectivity index (χ4n) is 1.95. The minimum absolute atomic E-state index is 0.0210. The van der Waals surface area contributed by atoms with Gasteiger partial charge in [-0.3, -0.25) is 5.41 Å². The maximum atomic E-state index is 7.55. The van der Waals surface area contributed by atoms with Crippen LogP contribution in [-0.2, 0) is 4.74 Å². The molecule has 1 aliphatic heterocycles. The van der Waals surface area contributed by atoms with E-state index in [4.69, 9.17) is 15.9 Å². The van der Waals surface area contributed by atoms with Crippen molar-refractivity contribution in [3.63, 3.8) is 0 Å². The van der Waals surface area contributed by atoms with Crippen LogP contribution in [0.25, 0.3) is 0 Å². The summed E-state index contributed by atoms with van der Waals surface area (Å²) in [7, 11) is 0. The van der Waals surface area contributed by atoms with Crippen LogP contribution in [0.2, 0.25) is 0 Å². The van der Waals surface area contributed by atoms with Crippen molar-refractivity contribution in [3.05, 3.63) is 17.8 Å². The summed E-state index contributed by atoms with van der Waals surface area (Å²) in [5, 5.41) is 15.5. The number of amidine groups is 1. The van der Waals surface area contributed by atoms with E-state index in [0.717, 1.165) is 26.1 Å². The van der Waals surface area contributed by atoms with Gasteiger partial charge in [0.2, 0.25) is 0 Å². The summed E-state index contributed by atoms with van der Waals surface area (Å²) in [4.78, 5) is 2.08. The van der Waals surface area contributed by atoms with Crippen LogP contribution in [0.4, 0.5) is 5.82 Å². The lowest BCUT2D eigenvalue weighted by Gasteiger charge is -2.24. The van der Waals surface area contributed by atoms with Crippen molar-refractivity contribution in [2.75, 3.05) is 24.6 Å². The van der Waals surface area contributed by atoms with Gasteiger partial charge in [0.05, 0.1) is 17.9 Å². The zero-order valence-electron chi connectivity index (χ0n) is 9.89. The Bertz CT molecular complexity index is 409. The second kappa shape index (κ2) is 5.09. The fraction of sp³-hybridized carbons (Fsp3) is 0.545. The van der Waals surface area contributed by atoms with Gasteiger partial charge in [-0.05, 0) is 19.4 Å². The molecule has 0 aromatic carbocycles. The Morgan fingerprint density at radius 1 is 1.65 bits per heavy atom. The highest BCUT2D eigenvalue weighted by molar-refractivity contribution is 5.99. The molecule has 0 aliphatic carbocycles. The molecule has 0 saturated carbocycles. The van der Waals surface area contributed by atoms with Gasteiger partial charge in [-0.1, -0.05) is 0 Å². The molecule has 1 unspecified atom stereocenters. The molecule has 1 aromatic rings. The number of nitrogens with one attached hydrogen (secondary N) is 1. The topological polar surface area (TPSA) is 88.1 Å². The SMILES string of the molecule is CC1CN(c2nnccc2C(=N)N)CCCO1. The summed E-state index contributed by atoms with van der Waals surface area (Å²) in [6.07, 6.45) is 2.65. The number of anilines is 1. The van der Waals surface area contributed by atoms with E-state index in [9.17, 15) is 0 Å². The van der Waals surface area contributed by atoms with Crippen LogP contribution in [0.3, 0.4) is 0 Å². The van der Waals surface area contributed by atoms with E-state index >= 15 is 0 Å². The van der Waals surface area contributed by atoms with Crippen LogP contribution in [0, 0.1) is 5.41 Å². The third kappa shape index (κ3) is 2.71. The van der Waals surface area contributed by atoms with Crippen LogP contribution < -0.4 is 10.6 Å². The maximum Gasteiger partial charge on any atom is 0.162 e. The number of nitrogens with zero attached hydrogens (tertiary/aromatic N) is 3. The zero-order valence-corrected chi connectivity index (χ0v) is 9.89. The lowest BCUT2D eigenvalue weighted by Crippen LogP contribution is -2.33. The van der Waals surface area contributed by atoms with Crippen LogP contribution in [0.15, 0.2) is 12.3 Å². The molecule has 0 amide bonds. The molecule has 6 heteroatoms. The molecule has 0 spiro atoms. The standard InChI is InChI=1S/C11H17N5O/c1-8-7-16(5-2-6-17-8)11-9(10(12)13)3-4-14-15-11/h3-4,8H,2,5-7H2,1H3,(H3,12,13). The molecule has 6 nitrogen and oxygen atoms in total. The van der Waals surface area contributed by atoms with Crippen molar-refractivity contribution >= 4 is 11.7 Å². The highest BCUT2D eigenvalue weighted by Gasteiger charge is 2.20. The van der Waals surface area contributed by atoms with E-state index in [-0.39, 0.29) is 11.9 Å². The summed E-state index contributed by atoms with van der Waals surface area (Å²) in [5.74, 6) is 0.699. The number of hydrogen-bond donors (Lipinski definition) is 2. The molecule has 1 aromatic heterocycles. The summed E-state index contributed by atoms with van der Waals surface area (Å²) in [6, 6.07) is 1.72. The Labute approximate surface area is 100 Å². The second-order valence-corrected chi connectivity index (χ2v) is 4.16. The van der Waals surface area contributed by atoms with E-state index in [1.165, 1.54) is 0 Å². The first-order valence-corrected chi connectivity index (χ1v) is 5.71. The summed E-state index contributed by atoms with van der Waals surface area (Å²) < 4.78 is 5.58. The Hall–Kier alpha value is -1.69. The molecule has 2 rings (SSSR count). The van der Waals surface area contributed by atoms with Crippen molar-refractivity contribution in [2.24, 2.45) is 5.73 Å². The van der Waals surface area contributed by atoms with Gasteiger partial charge in [0.25, 0.3) is 0 Å². The zero-order chi connectivity index (χ0) is 12.3. The predicted octanol–water partition coefficient (Wildman–Crippen LogP) is 0.376. The number of nitrogens with two attached hydrogens (primary N) is 1. The molecule has 3 N–H and O–H groups in total. The number of aromatic nitrogens is 2. The summed E-state index contributed by atoms with van der Waals surface area (Å²) >= 11 is 0. The molecular formula is C11H17N5O. The number of nitrogen functional groups attached to an aromatic ring is 1. The van der Waals surface area contributed by atoms with Gasteiger partial charge in [-0.15, -0.1) is 5.10 Å². The van der Waals surface area contributed by atoms with Gasteiger partial charge >= 0.3 is 0 Å². The largest absolute Gasteiger partial charge is 0.384 e. The van der Waals surface area contributed by atoms with Crippen molar-refractivity contribution in [2.45, 2.75) is 19.4 Å². The molecule has 1 atom stereocenters. The second-order valence-electron chi connectivity index (χ2n) is 4.16. The third-order valence-corrected chi connectivity index (χ3v) is 2.74. The van der Waals surface area contributed by atoms with Crippen molar-refractivity contribution in [3.8, 4) is 0 Å². The lowest BCUT2D eigenvalue weighted by molar-refractivity contribution is 0.0820. The van der Waals surface area contributed by atoms with E-state index in [2.05, 4.69) is 15.1 Å². The molecule has 0 bridgehead atoms. The smallest absolute Gasteiger partial charge is 0.162 e. The predicted molar refractivity (Wildman–Crippen MR) is 65.3 cm³/mol. The van der Waals surface area contributed by atoms with Gasteiger partial charge in [-0.2, -0.15) is 5.10 Å². The normalized spacial score (nSPS) is 21.0. The van der Waals surface area contributed by atoms with Crippen molar-refractivity contribution in [1.29, 1.82) is 5.41 Å². The monoisotopic (exact) mass is 235 g/mol. The first-order chi connectivity index (χ1) is 8.18. The van der Waals surface area contributed by atoms with Gasteiger partial charge in [-0.25, -0.2) is 0 Å². The fourth-order valence-corrected chi connectivity index (χ4v) is 1.95. The Morgan fingerprint density at radius 2 is 2.47 bits per heavy atom. The third-order valence-electron chi connectivity index (χ3n) is 2.74. The Balaban J connectivity index is 2.28. The first kappa shape index (κ1) is 11.8. The van der Waals surface area contributed by atoms with Gasteiger partial charge in [0, 0.05) is 19.7 Å². The highest BCUT2D eigenvalue weighted by atomic mass is 16.5. The van der Waals surface area contributed by atoms with Gasteiger partial charge in [0.1, 0.15) is 5.84 Å². The average molecular weight is 235 g/mol. The number of rotatable bonds is 2. The maximum absolute atomic E-state index is 7.55. The van der Waals surface area contributed by atoms with E-state index in [1.807, 2.05) is 6.92 Å². The summed E-state index contributed by atoms with van der Waals surface area (Å²) in [6.45, 7) is 4.39. The van der Waals surface area contributed by atoms with Crippen LogP contribution >= 0.6 is 0 Å². The van der Waals surface area contributed by atoms with Gasteiger partial charge < -0.3 is 15.4 Å².